The normalized spacial score (nSPS) is 16.8. The molecule has 1 atom stereocenters. The smallest absolute Gasteiger partial charge is 0.244 e. The van der Waals surface area contributed by atoms with E-state index in [0.29, 0.717) is 12.8 Å². The summed E-state index contributed by atoms with van der Waals surface area (Å²) in [6.07, 6.45) is 4.09. The van der Waals surface area contributed by atoms with Crippen molar-refractivity contribution >= 4 is 15.9 Å². The number of carbonyl (C=O) groups is 1. The minimum absolute atomic E-state index is 0.0110. The number of nitrogens with one attached hydrogen (secondary N) is 1. The lowest BCUT2D eigenvalue weighted by Gasteiger charge is -2.31. The SMILES string of the molecule is C[C@H](CCc1ccco1)NC(=O)C1CCN(S(=O)(=O)c2ccccc2C#N)CC1. The van der Waals surface area contributed by atoms with E-state index < -0.39 is 10.0 Å². The van der Waals surface area contributed by atoms with Crippen LogP contribution in [0.5, 0.6) is 0 Å². The second kappa shape index (κ2) is 9.25. The molecule has 154 valence electrons. The predicted octanol–water partition coefficient (Wildman–Crippen LogP) is 2.69. The van der Waals surface area contributed by atoms with Gasteiger partial charge in [-0.3, -0.25) is 4.79 Å². The van der Waals surface area contributed by atoms with Crippen LogP contribution < -0.4 is 5.32 Å². The molecule has 1 saturated heterocycles. The van der Waals surface area contributed by atoms with Crippen molar-refractivity contribution in [3.05, 3.63) is 54.0 Å². The molecular formula is C21H25N3O4S. The number of hydrogen-bond acceptors (Lipinski definition) is 5. The van der Waals surface area contributed by atoms with E-state index >= 15 is 0 Å². The van der Waals surface area contributed by atoms with Crippen LogP contribution >= 0.6 is 0 Å². The van der Waals surface area contributed by atoms with Crippen LogP contribution in [0.25, 0.3) is 0 Å². The minimum Gasteiger partial charge on any atom is -0.469 e. The molecule has 0 aliphatic carbocycles. The van der Waals surface area contributed by atoms with Gasteiger partial charge < -0.3 is 9.73 Å². The van der Waals surface area contributed by atoms with E-state index in [-0.39, 0.29) is 41.4 Å². The Morgan fingerprint density at radius 3 is 2.66 bits per heavy atom. The van der Waals surface area contributed by atoms with Crippen LogP contribution in [-0.4, -0.2) is 37.8 Å². The van der Waals surface area contributed by atoms with Crippen molar-refractivity contribution in [2.24, 2.45) is 5.92 Å². The molecule has 0 bridgehead atoms. The highest BCUT2D eigenvalue weighted by Gasteiger charge is 2.33. The number of nitrogens with zero attached hydrogens (tertiary/aromatic N) is 2. The van der Waals surface area contributed by atoms with Gasteiger partial charge in [-0.2, -0.15) is 9.57 Å². The van der Waals surface area contributed by atoms with E-state index in [4.69, 9.17) is 4.42 Å². The molecule has 0 radical (unpaired) electrons. The molecule has 1 aromatic carbocycles. The van der Waals surface area contributed by atoms with Gasteiger partial charge in [-0.05, 0) is 50.5 Å². The summed E-state index contributed by atoms with van der Waals surface area (Å²) < 4.78 is 32.4. The predicted molar refractivity (Wildman–Crippen MR) is 107 cm³/mol. The molecule has 8 heteroatoms. The topological polar surface area (TPSA) is 103 Å². The molecule has 2 aromatic rings. The Labute approximate surface area is 171 Å². The monoisotopic (exact) mass is 415 g/mol. The van der Waals surface area contributed by atoms with Gasteiger partial charge in [-0.15, -0.1) is 0 Å². The van der Waals surface area contributed by atoms with Crippen molar-refractivity contribution in [2.75, 3.05) is 13.1 Å². The number of piperidine rings is 1. The van der Waals surface area contributed by atoms with E-state index in [1.807, 2.05) is 25.1 Å². The number of furan rings is 1. The fraction of sp³-hybridized carbons (Fsp3) is 0.429. The summed E-state index contributed by atoms with van der Waals surface area (Å²) in [5.74, 6) is 0.646. The Morgan fingerprint density at radius 1 is 1.28 bits per heavy atom. The summed E-state index contributed by atoms with van der Waals surface area (Å²) in [5, 5.41) is 12.2. The second-order valence-corrected chi connectivity index (χ2v) is 9.22. The molecule has 1 aliphatic rings. The Morgan fingerprint density at radius 2 is 2.00 bits per heavy atom. The van der Waals surface area contributed by atoms with E-state index in [1.165, 1.54) is 16.4 Å². The molecule has 29 heavy (non-hydrogen) atoms. The maximum atomic E-state index is 12.9. The zero-order valence-corrected chi connectivity index (χ0v) is 17.2. The molecule has 0 spiro atoms. The first-order chi connectivity index (χ1) is 13.9. The zero-order chi connectivity index (χ0) is 20.9. The number of rotatable bonds is 7. The zero-order valence-electron chi connectivity index (χ0n) is 16.4. The van der Waals surface area contributed by atoms with Crippen LogP contribution in [-0.2, 0) is 21.2 Å². The fourth-order valence-electron chi connectivity index (χ4n) is 3.53. The highest BCUT2D eigenvalue weighted by molar-refractivity contribution is 7.89. The number of sulfonamides is 1. The highest BCUT2D eigenvalue weighted by Crippen LogP contribution is 2.26. The Balaban J connectivity index is 1.53. The maximum absolute atomic E-state index is 12.9. The Kier molecular flexibility index (Phi) is 6.72. The standard InChI is InChI=1S/C21H25N3O4S/c1-16(8-9-19-6-4-14-28-19)23-21(25)17-10-12-24(13-11-17)29(26,27)20-7-3-2-5-18(20)15-22/h2-7,14,16-17H,8-13H2,1H3,(H,23,25)/t16-/m1/s1. The minimum atomic E-state index is -3.74. The van der Waals surface area contributed by atoms with Gasteiger partial charge in [0.15, 0.2) is 0 Å². The highest BCUT2D eigenvalue weighted by atomic mass is 32.2. The molecule has 0 saturated carbocycles. The number of nitriles is 1. The summed E-state index contributed by atoms with van der Waals surface area (Å²) in [5.41, 5.74) is 0.137. The summed E-state index contributed by atoms with van der Waals surface area (Å²) in [7, 11) is -3.74. The van der Waals surface area contributed by atoms with Gasteiger partial charge in [0.1, 0.15) is 11.8 Å². The van der Waals surface area contributed by atoms with E-state index in [0.717, 1.165) is 18.6 Å². The van der Waals surface area contributed by atoms with Crippen LogP contribution in [0, 0.1) is 17.2 Å². The van der Waals surface area contributed by atoms with E-state index in [9.17, 15) is 18.5 Å². The van der Waals surface area contributed by atoms with Gasteiger partial charge in [-0.1, -0.05) is 12.1 Å². The molecule has 1 N–H and O–H groups in total. The first-order valence-electron chi connectivity index (χ1n) is 9.74. The van der Waals surface area contributed by atoms with Crippen LogP contribution in [0.3, 0.4) is 0 Å². The quantitative estimate of drug-likeness (QED) is 0.749. The Hall–Kier alpha value is -2.63. The van der Waals surface area contributed by atoms with Crippen LogP contribution in [0.1, 0.15) is 37.5 Å². The molecule has 1 fully saturated rings. The van der Waals surface area contributed by atoms with Crippen molar-refractivity contribution in [3.8, 4) is 6.07 Å². The van der Waals surface area contributed by atoms with Gasteiger partial charge in [0.05, 0.1) is 16.7 Å². The largest absolute Gasteiger partial charge is 0.469 e. The van der Waals surface area contributed by atoms with Crippen molar-refractivity contribution in [1.82, 2.24) is 9.62 Å². The number of hydrogen-bond donors (Lipinski definition) is 1. The summed E-state index contributed by atoms with van der Waals surface area (Å²) in [4.78, 5) is 12.6. The van der Waals surface area contributed by atoms with E-state index in [1.54, 1.807) is 18.4 Å². The maximum Gasteiger partial charge on any atom is 0.244 e. The van der Waals surface area contributed by atoms with Gasteiger partial charge in [0.25, 0.3) is 0 Å². The van der Waals surface area contributed by atoms with Crippen molar-refractivity contribution in [1.29, 1.82) is 5.26 Å². The summed E-state index contributed by atoms with van der Waals surface area (Å²) in [6.45, 7) is 2.49. The van der Waals surface area contributed by atoms with Crippen LogP contribution in [0.15, 0.2) is 52.0 Å². The summed E-state index contributed by atoms with van der Waals surface area (Å²) in [6, 6.07) is 11.9. The molecule has 3 rings (SSSR count). The third-order valence-corrected chi connectivity index (χ3v) is 7.20. The first kappa shape index (κ1) is 21.1. The van der Waals surface area contributed by atoms with Gasteiger partial charge in [0.2, 0.25) is 15.9 Å². The third-order valence-electron chi connectivity index (χ3n) is 5.24. The molecule has 2 heterocycles. The van der Waals surface area contributed by atoms with Gasteiger partial charge in [0, 0.05) is 31.5 Å². The number of amides is 1. The van der Waals surface area contributed by atoms with Gasteiger partial charge in [-0.25, -0.2) is 8.42 Å². The van der Waals surface area contributed by atoms with E-state index in [2.05, 4.69) is 5.32 Å². The molecule has 1 amide bonds. The molecule has 0 unspecified atom stereocenters. The van der Waals surface area contributed by atoms with Crippen molar-refractivity contribution in [2.45, 2.75) is 43.5 Å². The second-order valence-electron chi connectivity index (χ2n) is 7.31. The van der Waals surface area contributed by atoms with Crippen LogP contribution in [0.2, 0.25) is 0 Å². The third kappa shape index (κ3) is 5.05. The number of benzene rings is 1. The molecular weight excluding hydrogens is 390 g/mol. The lowest BCUT2D eigenvalue weighted by atomic mass is 9.96. The summed E-state index contributed by atoms with van der Waals surface area (Å²) >= 11 is 0. The molecule has 7 nitrogen and oxygen atoms in total. The average molecular weight is 416 g/mol. The molecule has 1 aliphatic heterocycles. The Bertz CT molecular complexity index is 972. The van der Waals surface area contributed by atoms with Crippen molar-refractivity contribution < 1.29 is 17.6 Å². The lowest BCUT2D eigenvalue weighted by Crippen LogP contribution is -2.45. The fourth-order valence-corrected chi connectivity index (χ4v) is 5.14. The number of carbonyl (C=O) groups excluding carboxylic acids is 1. The van der Waals surface area contributed by atoms with Crippen molar-refractivity contribution in [3.63, 3.8) is 0 Å². The van der Waals surface area contributed by atoms with Gasteiger partial charge >= 0.3 is 0 Å². The average Bonchev–Trinajstić information content (AvgIpc) is 3.26. The van der Waals surface area contributed by atoms with Crippen LogP contribution in [0.4, 0.5) is 0 Å². The molecule has 1 aromatic heterocycles. The lowest BCUT2D eigenvalue weighted by molar-refractivity contribution is -0.126. The number of aryl methyl sites for hydroxylation is 1. The first-order valence-corrected chi connectivity index (χ1v) is 11.2.